The van der Waals surface area contributed by atoms with Crippen molar-refractivity contribution in [2.75, 3.05) is 5.32 Å². The van der Waals surface area contributed by atoms with E-state index in [2.05, 4.69) is 27.3 Å². The first-order chi connectivity index (χ1) is 14.9. The van der Waals surface area contributed by atoms with Crippen LogP contribution in [0.2, 0.25) is 0 Å². The van der Waals surface area contributed by atoms with Crippen LogP contribution in [0.25, 0.3) is 0 Å². The van der Waals surface area contributed by atoms with Crippen molar-refractivity contribution in [2.45, 2.75) is 31.1 Å². The number of allylic oxidation sites excluding steroid dienone is 1. The molecule has 2 heterocycles. The average molecular weight is 476 g/mol. The Hall–Kier alpha value is -3.37. The van der Waals surface area contributed by atoms with Crippen LogP contribution in [0.1, 0.15) is 35.4 Å². The minimum Gasteiger partial charge on any atom is -0.444 e. The highest BCUT2D eigenvalue weighted by molar-refractivity contribution is 9.10. The molecule has 5 rings (SSSR count). The Morgan fingerprint density at radius 3 is 2.68 bits per heavy atom. The Kier molecular flexibility index (Phi) is 4.31. The number of carbonyl (C=O) groups excluding carboxylic acids is 2. The van der Waals surface area contributed by atoms with Gasteiger partial charge in [-0.25, -0.2) is 0 Å². The lowest BCUT2D eigenvalue weighted by atomic mass is 9.63. The molecule has 1 amide bonds. The van der Waals surface area contributed by atoms with Gasteiger partial charge in [0.2, 0.25) is 11.8 Å². The van der Waals surface area contributed by atoms with Gasteiger partial charge in [-0.1, -0.05) is 52.3 Å². The van der Waals surface area contributed by atoms with E-state index in [0.717, 1.165) is 15.6 Å². The molecule has 0 saturated carbocycles. The number of ether oxygens (including phenoxy) is 1. The number of hydrogen-bond acceptors (Lipinski definition) is 5. The van der Waals surface area contributed by atoms with Gasteiger partial charge in [0.05, 0.1) is 5.57 Å². The van der Waals surface area contributed by atoms with E-state index < -0.39 is 11.3 Å². The fourth-order valence-electron chi connectivity index (χ4n) is 4.91. The van der Waals surface area contributed by atoms with Gasteiger partial charge in [0.25, 0.3) is 0 Å². The molecule has 3 aliphatic rings. The van der Waals surface area contributed by atoms with Gasteiger partial charge in [-0.3, -0.25) is 9.59 Å². The zero-order valence-electron chi connectivity index (χ0n) is 16.7. The highest BCUT2D eigenvalue weighted by Gasteiger charge is 2.60. The second-order valence-electron chi connectivity index (χ2n) is 8.04. The van der Waals surface area contributed by atoms with E-state index in [1.807, 2.05) is 43.3 Å². The Balaban J connectivity index is 1.76. The topological polar surface area (TPSA) is 105 Å². The Bertz CT molecular complexity index is 1270. The van der Waals surface area contributed by atoms with Crippen LogP contribution in [0.5, 0.6) is 0 Å². The predicted molar refractivity (Wildman–Crippen MR) is 118 cm³/mol. The molecule has 31 heavy (non-hydrogen) atoms. The number of amides is 1. The number of nitrogens with zero attached hydrogens (tertiary/aromatic N) is 1. The maximum atomic E-state index is 13.5. The fourth-order valence-corrected chi connectivity index (χ4v) is 5.26. The lowest BCUT2D eigenvalue weighted by Crippen LogP contribution is -2.47. The number of rotatable bonds is 1. The number of ketones is 1. The molecule has 2 aliphatic heterocycles. The molecule has 0 unspecified atom stereocenters. The number of nitrogens with one attached hydrogen (secondary N) is 1. The standard InChI is InChI=1S/C24H18BrN3O3/c1-12-7-15-18(10-17(12)25)28-23(30)24(15)16(11-26)22(27)31-20-9-14(8-19(29)21(20)24)13-5-3-2-4-6-13/h2-7,10,14H,8-9,27H2,1H3,(H,28,30)/t14-,24+/m0/s1. The number of Topliss-reactive ketones (excluding diaryl/α,β-unsaturated/α-hetero) is 1. The number of halogens is 1. The van der Waals surface area contributed by atoms with Crippen LogP contribution in [-0.4, -0.2) is 11.7 Å². The molecular formula is C24H18BrN3O3. The zero-order valence-corrected chi connectivity index (χ0v) is 18.2. The Morgan fingerprint density at radius 1 is 1.23 bits per heavy atom. The van der Waals surface area contributed by atoms with Crippen LogP contribution < -0.4 is 11.1 Å². The van der Waals surface area contributed by atoms with Gasteiger partial charge >= 0.3 is 0 Å². The maximum Gasteiger partial charge on any atom is 0.245 e. The minimum atomic E-state index is -1.59. The maximum absolute atomic E-state index is 13.5. The normalized spacial score (nSPS) is 24.5. The van der Waals surface area contributed by atoms with Gasteiger partial charge in [0.15, 0.2) is 5.78 Å². The number of fused-ring (bicyclic) bond motifs is 3. The third-order valence-electron chi connectivity index (χ3n) is 6.33. The molecule has 0 radical (unpaired) electrons. The Labute approximate surface area is 187 Å². The number of aryl methyl sites for hydroxylation is 1. The molecule has 0 aromatic heterocycles. The number of anilines is 1. The molecule has 2 atom stereocenters. The molecule has 2 aromatic rings. The molecular weight excluding hydrogens is 458 g/mol. The predicted octanol–water partition coefficient (Wildman–Crippen LogP) is 4.07. The summed E-state index contributed by atoms with van der Waals surface area (Å²) in [6.45, 7) is 1.89. The highest BCUT2D eigenvalue weighted by Crippen LogP contribution is 2.55. The largest absolute Gasteiger partial charge is 0.444 e. The lowest BCUT2D eigenvalue weighted by Gasteiger charge is -2.39. The molecule has 1 aliphatic carbocycles. The summed E-state index contributed by atoms with van der Waals surface area (Å²) in [4.78, 5) is 27.0. The molecule has 2 aromatic carbocycles. The first-order valence-corrected chi connectivity index (χ1v) is 10.7. The summed E-state index contributed by atoms with van der Waals surface area (Å²) in [5, 5.41) is 12.8. The summed E-state index contributed by atoms with van der Waals surface area (Å²) in [7, 11) is 0. The van der Waals surface area contributed by atoms with Gasteiger partial charge in [-0.15, -0.1) is 0 Å². The number of nitrogens with two attached hydrogens (primary N) is 1. The van der Waals surface area contributed by atoms with Crippen LogP contribution >= 0.6 is 15.9 Å². The van der Waals surface area contributed by atoms with Gasteiger partial charge < -0.3 is 15.8 Å². The van der Waals surface area contributed by atoms with Crippen LogP contribution in [0.3, 0.4) is 0 Å². The summed E-state index contributed by atoms with van der Waals surface area (Å²) in [6, 6.07) is 15.4. The highest BCUT2D eigenvalue weighted by atomic mass is 79.9. The number of carbonyl (C=O) groups is 2. The van der Waals surface area contributed by atoms with Crippen molar-refractivity contribution in [3.8, 4) is 6.07 Å². The van der Waals surface area contributed by atoms with Crippen LogP contribution in [0.15, 0.2) is 69.7 Å². The second-order valence-corrected chi connectivity index (χ2v) is 8.90. The van der Waals surface area contributed by atoms with Crippen molar-refractivity contribution in [3.63, 3.8) is 0 Å². The number of nitriles is 1. The summed E-state index contributed by atoms with van der Waals surface area (Å²) in [5.41, 5.74) is 7.76. The molecule has 1 spiro atoms. The molecule has 154 valence electrons. The summed E-state index contributed by atoms with van der Waals surface area (Å²) >= 11 is 3.48. The fraction of sp³-hybridized carbons (Fsp3) is 0.208. The van der Waals surface area contributed by atoms with E-state index in [1.165, 1.54) is 0 Å². The first kappa shape index (κ1) is 19.6. The quantitative estimate of drug-likeness (QED) is 0.646. The zero-order chi connectivity index (χ0) is 21.9. The van der Waals surface area contributed by atoms with E-state index in [1.54, 1.807) is 6.07 Å². The van der Waals surface area contributed by atoms with Crippen LogP contribution in [-0.2, 0) is 19.7 Å². The van der Waals surface area contributed by atoms with Gasteiger partial charge in [0, 0.05) is 28.6 Å². The van der Waals surface area contributed by atoms with Crippen molar-refractivity contribution >= 4 is 33.3 Å². The van der Waals surface area contributed by atoms with E-state index in [0.29, 0.717) is 23.4 Å². The van der Waals surface area contributed by atoms with E-state index in [4.69, 9.17) is 10.5 Å². The van der Waals surface area contributed by atoms with Crippen molar-refractivity contribution in [2.24, 2.45) is 5.73 Å². The third kappa shape index (κ3) is 2.61. The molecule has 7 heteroatoms. The van der Waals surface area contributed by atoms with E-state index in [9.17, 15) is 14.9 Å². The van der Waals surface area contributed by atoms with E-state index >= 15 is 0 Å². The monoisotopic (exact) mass is 475 g/mol. The average Bonchev–Trinajstić information content (AvgIpc) is 3.00. The summed E-state index contributed by atoms with van der Waals surface area (Å²) in [6.07, 6.45) is 0.648. The minimum absolute atomic E-state index is 0.0456. The molecule has 0 bridgehead atoms. The number of benzene rings is 2. The number of hydrogen-bond donors (Lipinski definition) is 2. The van der Waals surface area contributed by atoms with Crippen molar-refractivity contribution in [3.05, 3.63) is 86.4 Å². The van der Waals surface area contributed by atoms with Gasteiger partial charge in [-0.2, -0.15) is 5.26 Å². The third-order valence-corrected chi connectivity index (χ3v) is 7.18. The van der Waals surface area contributed by atoms with Crippen molar-refractivity contribution < 1.29 is 14.3 Å². The molecule has 6 nitrogen and oxygen atoms in total. The van der Waals surface area contributed by atoms with Crippen LogP contribution in [0, 0.1) is 18.3 Å². The van der Waals surface area contributed by atoms with Crippen molar-refractivity contribution in [1.29, 1.82) is 5.26 Å². The molecule has 3 N–H and O–H groups in total. The SMILES string of the molecule is Cc1cc2c(cc1Br)NC(=O)[C@@]21C(C#N)=C(N)OC2=C1C(=O)C[C@H](c1ccccc1)C2. The van der Waals surface area contributed by atoms with Gasteiger partial charge in [0.1, 0.15) is 22.8 Å². The smallest absolute Gasteiger partial charge is 0.245 e. The lowest BCUT2D eigenvalue weighted by molar-refractivity contribution is -0.123. The van der Waals surface area contributed by atoms with E-state index in [-0.39, 0.29) is 35.2 Å². The molecule has 0 fully saturated rings. The second kappa shape index (κ2) is 6.82. The first-order valence-electron chi connectivity index (χ1n) is 9.90. The van der Waals surface area contributed by atoms with Gasteiger partial charge in [-0.05, 0) is 30.0 Å². The molecule has 0 saturated heterocycles. The van der Waals surface area contributed by atoms with Crippen LogP contribution in [0.4, 0.5) is 5.69 Å². The summed E-state index contributed by atoms with van der Waals surface area (Å²) in [5.74, 6) is -0.520. The Morgan fingerprint density at radius 2 is 1.97 bits per heavy atom. The summed E-state index contributed by atoms with van der Waals surface area (Å²) < 4.78 is 6.64. The van der Waals surface area contributed by atoms with Crippen molar-refractivity contribution in [1.82, 2.24) is 0 Å².